The third kappa shape index (κ3) is 10.5. The van der Waals surface area contributed by atoms with Gasteiger partial charge in [-0.3, -0.25) is 9.59 Å². The number of pyridine rings is 1. The van der Waals surface area contributed by atoms with E-state index in [1.54, 1.807) is 18.3 Å². The van der Waals surface area contributed by atoms with Gasteiger partial charge in [-0.25, -0.2) is 9.78 Å². The first-order chi connectivity index (χ1) is 23.8. The Morgan fingerprint density at radius 2 is 1.57 bits per heavy atom. The van der Waals surface area contributed by atoms with Gasteiger partial charge in [0, 0.05) is 43.3 Å². The molecule has 3 unspecified atom stereocenters. The summed E-state index contributed by atoms with van der Waals surface area (Å²) in [6.07, 6.45) is 3.26. The van der Waals surface area contributed by atoms with E-state index in [2.05, 4.69) is 10.3 Å². The normalized spacial score (nSPS) is 17.4. The van der Waals surface area contributed by atoms with Gasteiger partial charge in [0.15, 0.2) is 6.29 Å². The maximum Gasteiger partial charge on any atom is 0.338 e. The summed E-state index contributed by atoms with van der Waals surface area (Å²) >= 11 is 1.34. The van der Waals surface area contributed by atoms with Crippen LogP contribution in [0.3, 0.4) is 0 Å². The van der Waals surface area contributed by atoms with Gasteiger partial charge in [0.25, 0.3) is 0 Å². The third-order valence-corrected chi connectivity index (χ3v) is 9.36. The predicted molar refractivity (Wildman–Crippen MR) is 185 cm³/mol. The molecule has 3 aromatic carbocycles. The number of aliphatic hydroxyl groups excluding tert-OH is 1. The number of hydrogen-bond donors (Lipinski definition) is 4. The van der Waals surface area contributed by atoms with Crippen molar-refractivity contribution in [2.75, 3.05) is 5.75 Å². The van der Waals surface area contributed by atoms with Crippen LogP contribution in [0.4, 0.5) is 0 Å². The van der Waals surface area contributed by atoms with Crippen LogP contribution in [-0.4, -0.2) is 50.0 Å². The van der Waals surface area contributed by atoms with E-state index in [4.69, 9.17) is 14.6 Å². The van der Waals surface area contributed by atoms with Crippen LogP contribution < -0.4 is 5.32 Å². The molecule has 5 rings (SSSR count). The quantitative estimate of drug-likeness (QED) is 0.0721. The van der Waals surface area contributed by atoms with E-state index < -0.39 is 18.2 Å². The minimum atomic E-state index is -1.03. The highest BCUT2D eigenvalue weighted by atomic mass is 32.2. The monoisotopic (exact) mass is 684 g/mol. The summed E-state index contributed by atoms with van der Waals surface area (Å²) < 4.78 is 13.0. The molecule has 1 fully saturated rings. The second kappa shape index (κ2) is 17.7. The second-order valence-corrected chi connectivity index (χ2v) is 12.9. The number of nitrogens with one attached hydrogen (secondary N) is 1. The predicted octanol–water partition coefficient (Wildman–Crippen LogP) is 6.93. The molecular weight excluding hydrogens is 644 g/mol. The van der Waals surface area contributed by atoms with Crippen LogP contribution in [0.1, 0.15) is 83.5 Å². The zero-order valence-electron chi connectivity index (χ0n) is 27.0. The van der Waals surface area contributed by atoms with Crippen molar-refractivity contribution in [3.63, 3.8) is 0 Å². The fourth-order valence-corrected chi connectivity index (χ4v) is 6.62. The Labute approximate surface area is 289 Å². The fraction of sp³-hybridized carbons (Fsp3) is 0.316. The van der Waals surface area contributed by atoms with E-state index in [9.17, 15) is 24.6 Å². The summed E-state index contributed by atoms with van der Waals surface area (Å²) in [5.74, 6) is -1.44. The number of ether oxygens (including phenoxy) is 2. The number of unbranched alkanes of at least 4 members (excludes halogenated alkanes) is 2. The number of nitrogens with zero attached hydrogens (tertiary/aromatic N) is 1. The van der Waals surface area contributed by atoms with Crippen molar-refractivity contribution in [2.24, 2.45) is 0 Å². The van der Waals surface area contributed by atoms with Gasteiger partial charge in [0.05, 0.1) is 24.4 Å². The average molecular weight is 685 g/mol. The molecule has 4 aromatic rings. The lowest BCUT2D eigenvalue weighted by atomic mass is 9.99. The zero-order valence-corrected chi connectivity index (χ0v) is 27.8. The number of carboxylic acids is 2. The number of aliphatic hydroxyl groups is 1. The molecule has 0 spiro atoms. The number of rotatable bonds is 16. The number of thioether (sulfide) groups is 1. The van der Waals surface area contributed by atoms with Gasteiger partial charge in [0.1, 0.15) is 5.03 Å². The molecule has 49 heavy (non-hydrogen) atoms. The molecule has 1 saturated heterocycles. The highest BCUT2D eigenvalue weighted by Crippen LogP contribution is 2.40. The Morgan fingerprint density at radius 1 is 0.816 bits per heavy atom. The Balaban J connectivity index is 1.28. The molecule has 1 amide bonds. The van der Waals surface area contributed by atoms with Gasteiger partial charge in [0.2, 0.25) is 5.91 Å². The van der Waals surface area contributed by atoms with Crippen molar-refractivity contribution in [1.82, 2.24) is 10.3 Å². The van der Waals surface area contributed by atoms with Crippen molar-refractivity contribution in [2.45, 2.75) is 75.2 Å². The fourth-order valence-electron chi connectivity index (χ4n) is 5.62. The van der Waals surface area contributed by atoms with Crippen LogP contribution in [0, 0.1) is 0 Å². The number of aromatic nitrogens is 1. The molecule has 1 aliphatic rings. The van der Waals surface area contributed by atoms with Gasteiger partial charge in [-0.2, -0.15) is 0 Å². The Hall–Kier alpha value is -4.55. The van der Waals surface area contributed by atoms with Crippen LogP contribution in [0.25, 0.3) is 11.1 Å². The van der Waals surface area contributed by atoms with Crippen molar-refractivity contribution >= 4 is 29.6 Å². The first-order valence-electron chi connectivity index (χ1n) is 16.3. The van der Waals surface area contributed by atoms with Crippen molar-refractivity contribution in [3.05, 3.63) is 119 Å². The topological polar surface area (TPSA) is 155 Å². The van der Waals surface area contributed by atoms with Gasteiger partial charge in [-0.05, 0) is 64.9 Å². The molecular formula is C38H40N2O8S. The van der Waals surface area contributed by atoms with E-state index in [0.717, 1.165) is 33.4 Å². The van der Waals surface area contributed by atoms with Crippen LogP contribution >= 0.6 is 11.8 Å². The standard InChI is InChI=1S/C38H40N2O8S/c41-23-25-14-16-27(17-15-25)33-21-31(24-49-36-32(37(45)46)11-6-18-39-36)47-38(48-33)30-10-5-9-29(20-30)28-8-4-7-26(19-28)22-40-34(42)12-2-1-3-13-35(43)44/h4-11,14-20,31,33,38,41H,1-3,12-13,21-24H2,(H,40,42)(H,43,44)(H,45,46). The van der Waals surface area contributed by atoms with Crippen LogP contribution in [0.2, 0.25) is 0 Å². The molecule has 0 saturated carbocycles. The molecule has 3 atom stereocenters. The molecule has 11 heteroatoms. The van der Waals surface area contributed by atoms with E-state index in [0.29, 0.717) is 49.4 Å². The number of carbonyl (C=O) groups is 3. The van der Waals surface area contributed by atoms with Crippen molar-refractivity contribution in [3.8, 4) is 11.1 Å². The van der Waals surface area contributed by atoms with Gasteiger partial charge in [-0.15, -0.1) is 11.8 Å². The first kappa shape index (κ1) is 35.7. The summed E-state index contributed by atoms with van der Waals surface area (Å²) in [4.78, 5) is 39.1. The number of aromatic carboxylic acids is 1. The summed E-state index contributed by atoms with van der Waals surface area (Å²) in [6.45, 7) is 0.329. The highest BCUT2D eigenvalue weighted by molar-refractivity contribution is 7.99. The highest BCUT2D eigenvalue weighted by Gasteiger charge is 2.33. The first-order valence-corrected chi connectivity index (χ1v) is 17.3. The minimum absolute atomic E-state index is 0.0522. The Morgan fingerprint density at radius 3 is 2.33 bits per heavy atom. The molecule has 2 heterocycles. The second-order valence-electron chi connectivity index (χ2n) is 11.9. The average Bonchev–Trinajstić information content (AvgIpc) is 3.13. The maximum absolute atomic E-state index is 12.4. The summed E-state index contributed by atoms with van der Waals surface area (Å²) in [6, 6.07) is 26.7. The van der Waals surface area contributed by atoms with E-state index >= 15 is 0 Å². The molecule has 10 nitrogen and oxygen atoms in total. The largest absolute Gasteiger partial charge is 0.481 e. The number of carbonyl (C=O) groups excluding carboxylic acids is 1. The number of carboxylic acid groups (broad SMARTS) is 2. The lowest BCUT2D eigenvalue weighted by Gasteiger charge is -2.36. The molecule has 0 bridgehead atoms. The summed E-state index contributed by atoms with van der Waals surface area (Å²) in [7, 11) is 0. The molecule has 1 aliphatic heterocycles. The molecule has 0 aliphatic carbocycles. The smallest absolute Gasteiger partial charge is 0.338 e. The number of hydrogen-bond acceptors (Lipinski definition) is 8. The molecule has 0 radical (unpaired) electrons. The Bertz CT molecular complexity index is 1730. The lowest BCUT2D eigenvalue weighted by Crippen LogP contribution is -2.31. The van der Waals surface area contributed by atoms with E-state index in [-0.39, 0.29) is 36.7 Å². The van der Waals surface area contributed by atoms with Crippen molar-refractivity contribution < 1.29 is 39.2 Å². The maximum atomic E-state index is 12.4. The van der Waals surface area contributed by atoms with Crippen molar-refractivity contribution in [1.29, 1.82) is 0 Å². The minimum Gasteiger partial charge on any atom is -0.481 e. The van der Waals surface area contributed by atoms with E-state index in [1.807, 2.05) is 72.8 Å². The zero-order chi connectivity index (χ0) is 34.6. The van der Waals surface area contributed by atoms with Crippen LogP contribution in [0.5, 0.6) is 0 Å². The molecule has 256 valence electrons. The number of amides is 1. The van der Waals surface area contributed by atoms with Gasteiger partial charge in [-0.1, -0.05) is 67.1 Å². The summed E-state index contributed by atoms with van der Waals surface area (Å²) in [5, 5.41) is 31.3. The summed E-state index contributed by atoms with van der Waals surface area (Å²) in [5.41, 5.74) is 5.61. The number of aliphatic carboxylic acids is 1. The Kier molecular flexibility index (Phi) is 12.9. The molecule has 1 aromatic heterocycles. The van der Waals surface area contributed by atoms with Gasteiger partial charge < -0.3 is 30.1 Å². The van der Waals surface area contributed by atoms with Crippen LogP contribution in [0.15, 0.2) is 96.2 Å². The van der Waals surface area contributed by atoms with E-state index in [1.165, 1.54) is 11.8 Å². The third-order valence-electron chi connectivity index (χ3n) is 8.23. The van der Waals surface area contributed by atoms with Crippen LogP contribution in [-0.2, 0) is 32.2 Å². The lowest BCUT2D eigenvalue weighted by molar-refractivity contribution is -0.245. The molecule has 4 N–H and O–H groups in total. The SMILES string of the molecule is O=C(O)CCCCCC(=O)NCc1cccc(-c2cccc(C3OC(CSc4ncccc4C(=O)O)CC(c4ccc(CO)cc4)O3)c2)c1. The number of benzene rings is 3. The van der Waals surface area contributed by atoms with Gasteiger partial charge >= 0.3 is 11.9 Å².